The van der Waals surface area contributed by atoms with Gasteiger partial charge in [0.25, 0.3) is 0 Å². The maximum atomic E-state index is 13.5. The molecule has 7 heteroatoms. The van der Waals surface area contributed by atoms with Crippen LogP contribution in [0.5, 0.6) is 5.75 Å². The van der Waals surface area contributed by atoms with Gasteiger partial charge in [-0.3, -0.25) is 0 Å². The number of halogens is 1. The molecule has 1 heterocycles. The normalized spacial score (nSPS) is 17.7. The molecule has 1 fully saturated rings. The zero-order valence-electron chi connectivity index (χ0n) is 14.0. The molecule has 0 radical (unpaired) electrons. The summed E-state index contributed by atoms with van der Waals surface area (Å²) in [7, 11) is -2.50. The number of para-hydroxylation sites is 1. The molecule has 0 spiro atoms. The van der Waals surface area contributed by atoms with Crippen LogP contribution in [0.4, 0.5) is 10.1 Å². The quantitative estimate of drug-likeness (QED) is 0.856. The molecule has 0 aromatic heterocycles. The summed E-state index contributed by atoms with van der Waals surface area (Å²) >= 11 is 0. The number of hydrogen-bond acceptors (Lipinski definition) is 4. The van der Waals surface area contributed by atoms with Crippen molar-refractivity contribution in [2.24, 2.45) is 0 Å². The van der Waals surface area contributed by atoms with E-state index in [0.29, 0.717) is 0 Å². The molecule has 5 nitrogen and oxygen atoms in total. The fourth-order valence-electron chi connectivity index (χ4n) is 3.15. The summed E-state index contributed by atoms with van der Waals surface area (Å²) in [5, 5.41) is 0. The van der Waals surface area contributed by atoms with Crippen molar-refractivity contribution in [1.82, 2.24) is 4.72 Å². The molecule has 2 aromatic carbocycles. The van der Waals surface area contributed by atoms with Crippen molar-refractivity contribution in [2.45, 2.75) is 23.8 Å². The van der Waals surface area contributed by atoms with Crippen LogP contribution in [0, 0.1) is 5.82 Å². The first-order valence-electron chi connectivity index (χ1n) is 8.16. The molecule has 0 aliphatic carbocycles. The maximum Gasteiger partial charge on any atom is 0.244 e. The van der Waals surface area contributed by atoms with E-state index in [1.54, 1.807) is 0 Å². The minimum absolute atomic E-state index is 0.0664. The number of anilines is 1. The van der Waals surface area contributed by atoms with Crippen LogP contribution < -0.4 is 14.4 Å². The molecule has 0 bridgehead atoms. The molecule has 1 N–H and O–H groups in total. The summed E-state index contributed by atoms with van der Waals surface area (Å²) in [5.41, 5.74) is 1.08. The molecule has 2 aromatic rings. The van der Waals surface area contributed by atoms with Crippen LogP contribution in [-0.2, 0) is 10.0 Å². The van der Waals surface area contributed by atoms with E-state index < -0.39 is 15.8 Å². The lowest BCUT2D eigenvalue weighted by Gasteiger charge is -2.27. The molecule has 1 atom stereocenters. The van der Waals surface area contributed by atoms with E-state index in [1.807, 2.05) is 30.3 Å². The Morgan fingerprint density at radius 3 is 2.72 bits per heavy atom. The Hall–Kier alpha value is -2.12. The van der Waals surface area contributed by atoms with Gasteiger partial charge in [0.2, 0.25) is 10.0 Å². The fraction of sp³-hybridized carbons (Fsp3) is 0.333. The van der Waals surface area contributed by atoms with Crippen molar-refractivity contribution in [3.05, 3.63) is 54.3 Å². The van der Waals surface area contributed by atoms with Crippen LogP contribution in [0.25, 0.3) is 0 Å². The Bertz CT molecular complexity index is 827. The highest BCUT2D eigenvalue weighted by Gasteiger charge is 2.27. The molecule has 0 saturated carbocycles. The third-order valence-corrected chi connectivity index (χ3v) is 5.83. The van der Waals surface area contributed by atoms with E-state index in [-0.39, 0.29) is 23.2 Å². The first kappa shape index (κ1) is 17.7. The van der Waals surface area contributed by atoms with E-state index in [2.05, 4.69) is 9.62 Å². The zero-order valence-corrected chi connectivity index (χ0v) is 14.8. The average molecular weight is 364 g/mol. The van der Waals surface area contributed by atoms with Gasteiger partial charge in [0.15, 0.2) is 0 Å². The third kappa shape index (κ3) is 3.93. The van der Waals surface area contributed by atoms with Gasteiger partial charge in [-0.15, -0.1) is 0 Å². The summed E-state index contributed by atoms with van der Waals surface area (Å²) < 4.78 is 46.3. The summed E-state index contributed by atoms with van der Waals surface area (Å²) in [6.45, 7) is 1.15. The number of hydrogen-bond donors (Lipinski definition) is 1. The van der Waals surface area contributed by atoms with Crippen molar-refractivity contribution in [1.29, 1.82) is 0 Å². The van der Waals surface area contributed by atoms with Crippen molar-refractivity contribution in [3.8, 4) is 5.75 Å². The summed E-state index contributed by atoms with van der Waals surface area (Å²) in [6.07, 6.45) is 1.91. The van der Waals surface area contributed by atoms with Crippen molar-refractivity contribution in [3.63, 3.8) is 0 Å². The molecule has 134 valence electrons. The number of rotatable bonds is 6. The molecule has 3 rings (SSSR count). The number of ether oxygens (including phenoxy) is 1. The second kappa shape index (κ2) is 7.41. The predicted octanol–water partition coefficient (Wildman–Crippen LogP) is 2.78. The summed E-state index contributed by atoms with van der Waals surface area (Å²) in [6, 6.07) is 13.4. The standard InChI is InChI=1S/C18H21FN2O3S/c1-24-17-10-9-14(19)12-18(17)25(22,23)20-13-16-8-5-11-21(16)15-6-3-2-4-7-15/h2-4,6-7,9-10,12,16,20H,5,8,11,13H2,1H3/t16-/m0/s1. The molecule has 0 unspecified atom stereocenters. The van der Waals surface area contributed by atoms with Gasteiger partial charge >= 0.3 is 0 Å². The fourth-order valence-corrected chi connectivity index (χ4v) is 4.40. The minimum atomic E-state index is -3.86. The van der Waals surface area contributed by atoms with Gasteiger partial charge in [0.05, 0.1) is 7.11 Å². The van der Waals surface area contributed by atoms with E-state index >= 15 is 0 Å². The Morgan fingerprint density at radius 2 is 2.00 bits per heavy atom. The first-order chi connectivity index (χ1) is 12.0. The minimum Gasteiger partial charge on any atom is -0.495 e. The van der Waals surface area contributed by atoms with Gasteiger partial charge in [-0.2, -0.15) is 0 Å². The Kier molecular flexibility index (Phi) is 5.24. The van der Waals surface area contributed by atoms with E-state index in [1.165, 1.54) is 19.2 Å². The lowest BCUT2D eigenvalue weighted by atomic mass is 10.2. The molecule has 1 aliphatic heterocycles. The van der Waals surface area contributed by atoms with Gasteiger partial charge in [0.1, 0.15) is 16.5 Å². The van der Waals surface area contributed by atoms with E-state index in [4.69, 9.17) is 4.74 Å². The molecule has 1 saturated heterocycles. The average Bonchev–Trinajstić information content (AvgIpc) is 3.09. The Labute approximate surface area is 147 Å². The van der Waals surface area contributed by atoms with Gasteiger partial charge < -0.3 is 9.64 Å². The third-order valence-electron chi connectivity index (χ3n) is 4.39. The first-order valence-corrected chi connectivity index (χ1v) is 9.64. The second-order valence-electron chi connectivity index (χ2n) is 5.97. The largest absolute Gasteiger partial charge is 0.495 e. The topological polar surface area (TPSA) is 58.6 Å². The van der Waals surface area contributed by atoms with Crippen molar-refractivity contribution >= 4 is 15.7 Å². The van der Waals surface area contributed by atoms with Crippen LogP contribution in [-0.4, -0.2) is 34.7 Å². The molecule has 25 heavy (non-hydrogen) atoms. The van der Waals surface area contributed by atoms with Crippen LogP contribution >= 0.6 is 0 Å². The van der Waals surface area contributed by atoms with E-state index in [0.717, 1.165) is 31.1 Å². The number of nitrogens with zero attached hydrogens (tertiary/aromatic N) is 1. The second-order valence-corrected chi connectivity index (χ2v) is 7.71. The Morgan fingerprint density at radius 1 is 1.24 bits per heavy atom. The van der Waals surface area contributed by atoms with Crippen LogP contribution in [0.1, 0.15) is 12.8 Å². The molecular weight excluding hydrogens is 343 g/mol. The van der Waals surface area contributed by atoms with Crippen LogP contribution in [0.15, 0.2) is 53.4 Å². The summed E-state index contributed by atoms with van der Waals surface area (Å²) in [5.74, 6) is -0.492. The number of methoxy groups -OCH3 is 1. The molecular formula is C18H21FN2O3S. The summed E-state index contributed by atoms with van der Waals surface area (Å²) in [4.78, 5) is 2.02. The molecule has 0 amide bonds. The van der Waals surface area contributed by atoms with Crippen molar-refractivity contribution in [2.75, 3.05) is 25.1 Å². The predicted molar refractivity (Wildman–Crippen MR) is 95.0 cm³/mol. The highest BCUT2D eigenvalue weighted by Crippen LogP contribution is 2.27. The smallest absolute Gasteiger partial charge is 0.244 e. The zero-order chi connectivity index (χ0) is 17.9. The highest BCUT2D eigenvalue weighted by atomic mass is 32.2. The van der Waals surface area contributed by atoms with Crippen molar-refractivity contribution < 1.29 is 17.5 Å². The van der Waals surface area contributed by atoms with Gasteiger partial charge in [0, 0.05) is 24.8 Å². The monoisotopic (exact) mass is 364 g/mol. The maximum absolute atomic E-state index is 13.5. The number of nitrogens with one attached hydrogen (secondary N) is 1. The van der Waals surface area contributed by atoms with Gasteiger partial charge in [-0.25, -0.2) is 17.5 Å². The van der Waals surface area contributed by atoms with Gasteiger partial charge in [-0.1, -0.05) is 18.2 Å². The SMILES string of the molecule is COc1ccc(F)cc1S(=O)(=O)NC[C@@H]1CCCN1c1ccccc1. The lowest BCUT2D eigenvalue weighted by Crippen LogP contribution is -2.40. The number of benzene rings is 2. The van der Waals surface area contributed by atoms with Crippen LogP contribution in [0.2, 0.25) is 0 Å². The Balaban J connectivity index is 1.75. The lowest BCUT2D eigenvalue weighted by molar-refractivity contribution is 0.400. The van der Waals surface area contributed by atoms with E-state index in [9.17, 15) is 12.8 Å². The highest BCUT2D eigenvalue weighted by molar-refractivity contribution is 7.89. The van der Waals surface area contributed by atoms with Crippen LogP contribution in [0.3, 0.4) is 0 Å². The number of sulfonamides is 1. The van der Waals surface area contributed by atoms with Gasteiger partial charge in [-0.05, 0) is 43.2 Å². The molecule has 1 aliphatic rings.